The summed E-state index contributed by atoms with van der Waals surface area (Å²) in [6, 6.07) is 7.04. The fourth-order valence-electron chi connectivity index (χ4n) is 1.97. The smallest absolute Gasteiger partial charge is 0.117 e. The minimum atomic E-state index is 0.00664. The van der Waals surface area contributed by atoms with Crippen molar-refractivity contribution < 1.29 is 5.11 Å². The predicted octanol–water partition coefficient (Wildman–Crippen LogP) is 1.61. The van der Waals surface area contributed by atoms with Crippen molar-refractivity contribution in [3.63, 3.8) is 0 Å². The number of aromatic nitrogens is 2. The van der Waals surface area contributed by atoms with E-state index < -0.39 is 0 Å². The fourth-order valence-corrected chi connectivity index (χ4v) is 1.97. The van der Waals surface area contributed by atoms with Gasteiger partial charge in [0.05, 0.1) is 11.9 Å². The summed E-state index contributed by atoms with van der Waals surface area (Å²) in [6.45, 7) is 0. The zero-order chi connectivity index (χ0) is 11.9. The zero-order valence-corrected chi connectivity index (χ0v) is 9.50. The number of phenols is 1. The first kappa shape index (κ1) is 10.4. The van der Waals surface area contributed by atoms with Gasteiger partial charge in [0, 0.05) is 17.8 Å². The van der Waals surface area contributed by atoms with Crippen LogP contribution in [0, 0.1) is 0 Å². The summed E-state index contributed by atoms with van der Waals surface area (Å²) in [5.41, 5.74) is 8.09. The van der Waals surface area contributed by atoms with Crippen molar-refractivity contribution in [2.75, 3.05) is 0 Å². The maximum absolute atomic E-state index is 9.42. The first-order valence-electron chi connectivity index (χ1n) is 5.77. The number of hydrogen-bond donors (Lipinski definition) is 2. The molecule has 1 saturated carbocycles. The molecule has 1 heterocycles. The van der Waals surface area contributed by atoms with Crippen molar-refractivity contribution in [2.45, 2.75) is 24.8 Å². The standard InChI is InChI=1S/C13H15N3O/c14-13(4-5-13)7-10-8-15-16(9-10)11-2-1-3-12(17)6-11/h1-3,6,8-9,17H,4-5,7,14H2. The maximum atomic E-state index is 9.42. The molecule has 0 radical (unpaired) electrons. The molecule has 1 aromatic carbocycles. The lowest BCUT2D eigenvalue weighted by Crippen LogP contribution is -2.24. The van der Waals surface area contributed by atoms with Gasteiger partial charge in [-0.3, -0.25) is 0 Å². The number of hydrogen-bond acceptors (Lipinski definition) is 3. The minimum Gasteiger partial charge on any atom is -0.508 e. The van der Waals surface area contributed by atoms with Crippen molar-refractivity contribution in [3.8, 4) is 11.4 Å². The van der Waals surface area contributed by atoms with E-state index in [1.54, 1.807) is 22.9 Å². The van der Waals surface area contributed by atoms with Crippen molar-refractivity contribution in [3.05, 3.63) is 42.2 Å². The molecular weight excluding hydrogens is 214 g/mol. The van der Waals surface area contributed by atoms with Gasteiger partial charge in [0.15, 0.2) is 0 Å². The third-order valence-corrected chi connectivity index (χ3v) is 3.18. The quantitative estimate of drug-likeness (QED) is 0.840. The van der Waals surface area contributed by atoms with Gasteiger partial charge in [-0.25, -0.2) is 4.68 Å². The van der Waals surface area contributed by atoms with E-state index in [-0.39, 0.29) is 11.3 Å². The summed E-state index contributed by atoms with van der Waals surface area (Å²) < 4.78 is 1.76. The molecule has 1 fully saturated rings. The number of phenolic OH excluding ortho intramolecular Hbond substituents is 1. The highest BCUT2D eigenvalue weighted by Gasteiger charge is 2.38. The highest BCUT2D eigenvalue weighted by atomic mass is 16.3. The highest BCUT2D eigenvalue weighted by molar-refractivity contribution is 5.38. The molecule has 17 heavy (non-hydrogen) atoms. The van der Waals surface area contributed by atoms with Crippen LogP contribution < -0.4 is 5.73 Å². The molecule has 4 heteroatoms. The summed E-state index contributed by atoms with van der Waals surface area (Å²) in [6.07, 6.45) is 6.90. The van der Waals surface area contributed by atoms with E-state index in [4.69, 9.17) is 5.73 Å². The van der Waals surface area contributed by atoms with Crippen molar-refractivity contribution >= 4 is 0 Å². The van der Waals surface area contributed by atoms with Gasteiger partial charge in [-0.1, -0.05) is 6.07 Å². The van der Waals surface area contributed by atoms with E-state index in [1.807, 2.05) is 18.5 Å². The minimum absolute atomic E-state index is 0.00664. The summed E-state index contributed by atoms with van der Waals surface area (Å²) in [5, 5.41) is 13.7. The van der Waals surface area contributed by atoms with Crippen LogP contribution in [0.4, 0.5) is 0 Å². The van der Waals surface area contributed by atoms with E-state index in [2.05, 4.69) is 5.10 Å². The summed E-state index contributed by atoms with van der Waals surface area (Å²) >= 11 is 0. The van der Waals surface area contributed by atoms with E-state index in [0.29, 0.717) is 0 Å². The Morgan fingerprint density at radius 2 is 2.24 bits per heavy atom. The normalized spacial score (nSPS) is 17.0. The van der Waals surface area contributed by atoms with Crippen LogP contribution in [-0.4, -0.2) is 20.4 Å². The molecule has 1 aromatic heterocycles. The van der Waals surface area contributed by atoms with Gasteiger partial charge in [-0.05, 0) is 37.0 Å². The first-order valence-corrected chi connectivity index (χ1v) is 5.77. The van der Waals surface area contributed by atoms with Gasteiger partial charge in [0.1, 0.15) is 5.75 Å². The van der Waals surface area contributed by atoms with Crippen LogP contribution in [0.25, 0.3) is 5.69 Å². The third kappa shape index (κ3) is 2.17. The lowest BCUT2D eigenvalue weighted by molar-refractivity contribution is 0.475. The van der Waals surface area contributed by atoms with Crippen LogP contribution in [0.1, 0.15) is 18.4 Å². The molecule has 3 N–H and O–H groups in total. The number of nitrogens with zero attached hydrogens (tertiary/aromatic N) is 2. The molecule has 3 rings (SSSR count). The van der Waals surface area contributed by atoms with Crippen molar-refractivity contribution in [1.29, 1.82) is 0 Å². The molecule has 0 saturated heterocycles. The Bertz CT molecular complexity index is 543. The lowest BCUT2D eigenvalue weighted by Gasteiger charge is -2.05. The molecule has 0 spiro atoms. The third-order valence-electron chi connectivity index (χ3n) is 3.18. The molecule has 2 aromatic rings. The van der Waals surface area contributed by atoms with E-state index in [1.165, 1.54) is 0 Å². The molecule has 88 valence electrons. The number of benzene rings is 1. The number of rotatable bonds is 3. The SMILES string of the molecule is NC1(Cc2cnn(-c3cccc(O)c3)c2)CC1. The Balaban J connectivity index is 1.84. The lowest BCUT2D eigenvalue weighted by atomic mass is 10.1. The summed E-state index contributed by atoms with van der Waals surface area (Å²) in [7, 11) is 0. The molecule has 0 aliphatic heterocycles. The first-order chi connectivity index (χ1) is 8.15. The molecule has 0 bridgehead atoms. The summed E-state index contributed by atoms with van der Waals surface area (Å²) in [4.78, 5) is 0. The molecule has 1 aliphatic rings. The van der Waals surface area contributed by atoms with Crippen molar-refractivity contribution in [1.82, 2.24) is 9.78 Å². The van der Waals surface area contributed by atoms with Gasteiger partial charge >= 0.3 is 0 Å². The zero-order valence-electron chi connectivity index (χ0n) is 9.50. The van der Waals surface area contributed by atoms with Crippen LogP contribution in [-0.2, 0) is 6.42 Å². The fraction of sp³-hybridized carbons (Fsp3) is 0.308. The van der Waals surface area contributed by atoms with Crippen LogP contribution >= 0.6 is 0 Å². The molecular formula is C13H15N3O. The maximum Gasteiger partial charge on any atom is 0.117 e. The van der Waals surface area contributed by atoms with E-state index in [9.17, 15) is 5.11 Å². The molecule has 1 aliphatic carbocycles. The number of nitrogens with two attached hydrogens (primary N) is 1. The number of aromatic hydroxyl groups is 1. The van der Waals surface area contributed by atoms with Crippen LogP contribution in [0.2, 0.25) is 0 Å². The van der Waals surface area contributed by atoms with Gasteiger partial charge in [-0.15, -0.1) is 0 Å². The monoisotopic (exact) mass is 229 g/mol. The van der Waals surface area contributed by atoms with Crippen molar-refractivity contribution in [2.24, 2.45) is 5.73 Å². The average Bonchev–Trinajstić information content (AvgIpc) is 2.85. The molecule has 0 unspecified atom stereocenters. The van der Waals surface area contributed by atoms with Gasteiger partial charge in [0.25, 0.3) is 0 Å². The van der Waals surface area contributed by atoms with E-state index >= 15 is 0 Å². The Morgan fingerprint density at radius 3 is 2.94 bits per heavy atom. The second-order valence-electron chi connectivity index (χ2n) is 4.85. The van der Waals surface area contributed by atoms with Crippen LogP contribution in [0.15, 0.2) is 36.7 Å². The Labute approximate surface area is 99.7 Å². The molecule has 0 atom stereocenters. The second-order valence-corrected chi connectivity index (χ2v) is 4.85. The Hall–Kier alpha value is -1.81. The second kappa shape index (κ2) is 3.60. The topological polar surface area (TPSA) is 64.1 Å². The highest BCUT2D eigenvalue weighted by Crippen LogP contribution is 2.35. The van der Waals surface area contributed by atoms with Crippen LogP contribution in [0.3, 0.4) is 0 Å². The van der Waals surface area contributed by atoms with Crippen LogP contribution in [0.5, 0.6) is 5.75 Å². The molecule has 4 nitrogen and oxygen atoms in total. The van der Waals surface area contributed by atoms with Gasteiger partial charge in [-0.2, -0.15) is 5.10 Å². The average molecular weight is 229 g/mol. The largest absolute Gasteiger partial charge is 0.508 e. The van der Waals surface area contributed by atoms with Gasteiger partial charge < -0.3 is 10.8 Å². The molecule has 0 amide bonds. The summed E-state index contributed by atoms with van der Waals surface area (Å²) in [5.74, 6) is 0.247. The Morgan fingerprint density at radius 1 is 1.41 bits per heavy atom. The Kier molecular flexibility index (Phi) is 2.19. The predicted molar refractivity (Wildman–Crippen MR) is 65.1 cm³/mol. The van der Waals surface area contributed by atoms with Gasteiger partial charge in [0.2, 0.25) is 0 Å². The van der Waals surface area contributed by atoms with E-state index in [0.717, 1.165) is 30.5 Å².